The highest BCUT2D eigenvalue weighted by molar-refractivity contribution is 7.13. The van der Waals surface area contributed by atoms with E-state index in [1.165, 1.54) is 11.3 Å². The van der Waals surface area contributed by atoms with Crippen molar-refractivity contribution in [2.45, 2.75) is 13.3 Å². The Morgan fingerprint density at radius 3 is 2.58 bits per heavy atom. The van der Waals surface area contributed by atoms with Gasteiger partial charge in [-0.2, -0.15) is 0 Å². The average Bonchev–Trinajstić information content (AvgIpc) is 3.20. The first-order chi connectivity index (χ1) is 15.0. The minimum atomic E-state index is -0.362. The summed E-state index contributed by atoms with van der Waals surface area (Å²) in [6, 6.07) is 6.80. The van der Waals surface area contributed by atoms with E-state index in [0.29, 0.717) is 55.0 Å². The van der Waals surface area contributed by atoms with Crippen molar-refractivity contribution in [1.82, 2.24) is 14.8 Å². The van der Waals surface area contributed by atoms with Crippen molar-refractivity contribution < 1.29 is 23.9 Å². The van der Waals surface area contributed by atoms with Crippen LogP contribution in [0, 0.1) is 0 Å². The van der Waals surface area contributed by atoms with Crippen LogP contribution in [0.4, 0.5) is 20.4 Å². The lowest BCUT2D eigenvalue weighted by molar-refractivity contribution is -0.115. The van der Waals surface area contributed by atoms with E-state index in [4.69, 9.17) is 9.47 Å². The highest BCUT2D eigenvalue weighted by atomic mass is 32.1. The van der Waals surface area contributed by atoms with Gasteiger partial charge >= 0.3 is 12.1 Å². The van der Waals surface area contributed by atoms with Gasteiger partial charge in [0.25, 0.3) is 0 Å². The summed E-state index contributed by atoms with van der Waals surface area (Å²) in [7, 11) is 1.56. The summed E-state index contributed by atoms with van der Waals surface area (Å²) in [6.45, 7) is 3.73. The van der Waals surface area contributed by atoms with Crippen molar-refractivity contribution in [2.75, 3.05) is 50.5 Å². The summed E-state index contributed by atoms with van der Waals surface area (Å²) in [4.78, 5) is 44.0. The van der Waals surface area contributed by atoms with Crippen LogP contribution in [0.3, 0.4) is 0 Å². The Bertz CT molecular complexity index is 926. The van der Waals surface area contributed by atoms with Crippen molar-refractivity contribution in [3.05, 3.63) is 35.3 Å². The van der Waals surface area contributed by atoms with E-state index in [0.717, 1.165) is 0 Å². The van der Waals surface area contributed by atoms with Gasteiger partial charge in [-0.1, -0.05) is 6.07 Å². The predicted octanol–water partition coefficient (Wildman–Crippen LogP) is 2.64. The van der Waals surface area contributed by atoms with E-state index in [2.05, 4.69) is 15.6 Å². The SMILES string of the molecule is CCOC(=O)N1CCN(C(=O)Nc2nc(CC(=O)Nc3cccc(OC)c3)cs2)CC1. The number of amides is 4. The van der Waals surface area contributed by atoms with E-state index < -0.39 is 0 Å². The zero-order chi connectivity index (χ0) is 22.2. The molecule has 11 heteroatoms. The third kappa shape index (κ3) is 6.32. The second kappa shape index (κ2) is 10.6. The predicted molar refractivity (Wildman–Crippen MR) is 117 cm³/mol. The Labute approximate surface area is 184 Å². The van der Waals surface area contributed by atoms with Crippen LogP contribution in [0.25, 0.3) is 0 Å². The lowest BCUT2D eigenvalue weighted by Crippen LogP contribution is -2.51. The molecule has 2 heterocycles. The number of urea groups is 1. The number of methoxy groups -OCH3 is 1. The maximum absolute atomic E-state index is 12.5. The molecule has 0 atom stereocenters. The molecule has 0 spiro atoms. The van der Waals surface area contributed by atoms with Crippen molar-refractivity contribution in [1.29, 1.82) is 0 Å². The smallest absolute Gasteiger partial charge is 0.409 e. The molecular weight excluding hydrogens is 422 g/mol. The molecule has 2 N–H and O–H groups in total. The largest absolute Gasteiger partial charge is 0.497 e. The van der Waals surface area contributed by atoms with E-state index in [1.807, 2.05) is 0 Å². The molecule has 3 rings (SSSR count). The number of hydrogen-bond acceptors (Lipinski definition) is 7. The molecule has 0 aliphatic carbocycles. The van der Waals surface area contributed by atoms with E-state index in [-0.39, 0.29) is 24.5 Å². The zero-order valence-corrected chi connectivity index (χ0v) is 18.2. The fourth-order valence-electron chi connectivity index (χ4n) is 2.99. The molecule has 0 unspecified atom stereocenters. The summed E-state index contributed by atoms with van der Waals surface area (Å²) in [5.41, 5.74) is 1.20. The highest BCUT2D eigenvalue weighted by Gasteiger charge is 2.25. The molecule has 1 aromatic carbocycles. The van der Waals surface area contributed by atoms with Crippen molar-refractivity contribution in [3.8, 4) is 5.75 Å². The number of nitrogens with one attached hydrogen (secondary N) is 2. The van der Waals surface area contributed by atoms with Gasteiger partial charge in [0.1, 0.15) is 5.75 Å². The number of nitrogens with zero attached hydrogens (tertiary/aromatic N) is 3. The molecule has 0 saturated carbocycles. The zero-order valence-electron chi connectivity index (χ0n) is 17.4. The molecule has 2 aromatic rings. The molecule has 1 aliphatic rings. The Kier molecular flexibility index (Phi) is 7.65. The molecular formula is C20H25N5O5S. The van der Waals surface area contributed by atoms with Gasteiger partial charge < -0.3 is 24.6 Å². The lowest BCUT2D eigenvalue weighted by atomic mass is 10.2. The van der Waals surface area contributed by atoms with Crippen LogP contribution in [0.2, 0.25) is 0 Å². The number of carbonyl (C=O) groups excluding carboxylic acids is 3. The summed E-state index contributed by atoms with van der Waals surface area (Å²) < 4.78 is 10.1. The Balaban J connectivity index is 1.46. The Morgan fingerprint density at radius 2 is 1.87 bits per heavy atom. The Hall–Kier alpha value is -3.34. The second-order valence-electron chi connectivity index (χ2n) is 6.70. The lowest BCUT2D eigenvalue weighted by Gasteiger charge is -2.33. The number of carbonyl (C=O) groups is 3. The summed E-state index contributed by atoms with van der Waals surface area (Å²) >= 11 is 1.25. The maximum Gasteiger partial charge on any atom is 0.409 e. The number of ether oxygens (including phenoxy) is 2. The third-order valence-electron chi connectivity index (χ3n) is 4.55. The quantitative estimate of drug-likeness (QED) is 0.704. The molecule has 1 fully saturated rings. The molecule has 1 aliphatic heterocycles. The van der Waals surface area contributed by atoms with Gasteiger partial charge in [-0.05, 0) is 19.1 Å². The van der Waals surface area contributed by atoms with E-state index >= 15 is 0 Å². The van der Waals surface area contributed by atoms with Gasteiger partial charge in [0.2, 0.25) is 5.91 Å². The average molecular weight is 448 g/mol. The van der Waals surface area contributed by atoms with Crippen LogP contribution in [0.5, 0.6) is 5.75 Å². The van der Waals surface area contributed by atoms with Gasteiger partial charge in [0.05, 0.1) is 25.8 Å². The van der Waals surface area contributed by atoms with Crippen LogP contribution >= 0.6 is 11.3 Å². The van der Waals surface area contributed by atoms with Crippen LogP contribution < -0.4 is 15.4 Å². The minimum absolute atomic E-state index is 0.0851. The summed E-state index contributed by atoms with van der Waals surface area (Å²) in [5.74, 6) is 0.436. The number of rotatable bonds is 6. The monoisotopic (exact) mass is 447 g/mol. The van der Waals surface area contributed by atoms with Crippen molar-refractivity contribution in [2.24, 2.45) is 0 Å². The second-order valence-corrected chi connectivity index (χ2v) is 7.56. The molecule has 10 nitrogen and oxygen atoms in total. The molecule has 4 amide bonds. The topological polar surface area (TPSA) is 113 Å². The van der Waals surface area contributed by atoms with Crippen LogP contribution in [-0.2, 0) is 16.0 Å². The van der Waals surface area contributed by atoms with Gasteiger partial charge in [0, 0.05) is 43.3 Å². The van der Waals surface area contributed by atoms with Crippen molar-refractivity contribution >= 4 is 40.2 Å². The van der Waals surface area contributed by atoms with Crippen molar-refractivity contribution in [3.63, 3.8) is 0 Å². The normalized spacial score (nSPS) is 13.5. The highest BCUT2D eigenvalue weighted by Crippen LogP contribution is 2.19. The molecule has 166 valence electrons. The fourth-order valence-corrected chi connectivity index (χ4v) is 3.69. The Morgan fingerprint density at radius 1 is 1.13 bits per heavy atom. The molecule has 0 radical (unpaired) electrons. The molecule has 0 bridgehead atoms. The number of hydrogen-bond donors (Lipinski definition) is 2. The molecule has 1 saturated heterocycles. The van der Waals surface area contributed by atoms with Crippen LogP contribution in [0.1, 0.15) is 12.6 Å². The number of piperazine rings is 1. The third-order valence-corrected chi connectivity index (χ3v) is 5.36. The van der Waals surface area contributed by atoms with Crippen LogP contribution in [0.15, 0.2) is 29.6 Å². The number of aromatic nitrogens is 1. The van der Waals surface area contributed by atoms with E-state index in [1.54, 1.807) is 53.5 Å². The number of benzene rings is 1. The van der Waals surface area contributed by atoms with Gasteiger partial charge in [-0.3, -0.25) is 10.1 Å². The van der Waals surface area contributed by atoms with Gasteiger partial charge in [-0.25, -0.2) is 14.6 Å². The van der Waals surface area contributed by atoms with Gasteiger partial charge in [0.15, 0.2) is 5.13 Å². The fraction of sp³-hybridized carbons (Fsp3) is 0.400. The summed E-state index contributed by atoms with van der Waals surface area (Å²) in [5, 5.41) is 7.70. The molecule has 1 aromatic heterocycles. The summed E-state index contributed by atoms with van der Waals surface area (Å²) in [6.07, 6.45) is -0.277. The van der Waals surface area contributed by atoms with Gasteiger partial charge in [-0.15, -0.1) is 11.3 Å². The first-order valence-electron chi connectivity index (χ1n) is 9.84. The van der Waals surface area contributed by atoms with E-state index in [9.17, 15) is 14.4 Å². The first kappa shape index (κ1) is 22.3. The standard InChI is InChI=1S/C20H25N5O5S/c1-3-30-20(28)25-9-7-24(8-10-25)19(27)23-18-22-15(13-31-18)12-17(26)21-14-5-4-6-16(11-14)29-2/h4-6,11,13H,3,7-10,12H2,1-2H3,(H,21,26)(H,22,23,27). The number of anilines is 2. The molecule has 31 heavy (non-hydrogen) atoms. The van der Waals surface area contributed by atoms with Crippen LogP contribution in [-0.4, -0.2) is 72.7 Å². The minimum Gasteiger partial charge on any atom is -0.497 e. The maximum atomic E-state index is 12.5. The number of thiazole rings is 1. The first-order valence-corrected chi connectivity index (χ1v) is 10.7.